The predicted octanol–water partition coefficient (Wildman–Crippen LogP) is 5.63. The van der Waals surface area contributed by atoms with Crippen LogP contribution >= 0.6 is 11.6 Å². The highest BCUT2D eigenvalue weighted by Gasteiger charge is 2.35. The van der Waals surface area contributed by atoms with E-state index in [-0.39, 0.29) is 16.1 Å². The van der Waals surface area contributed by atoms with E-state index in [4.69, 9.17) is 17.3 Å². The van der Waals surface area contributed by atoms with Gasteiger partial charge in [0.1, 0.15) is 0 Å². The molecule has 8 heteroatoms. The molecule has 0 amide bonds. The van der Waals surface area contributed by atoms with Crippen molar-refractivity contribution in [2.45, 2.75) is 12.4 Å². The molecule has 2 aromatic rings. The van der Waals surface area contributed by atoms with Crippen LogP contribution in [-0.2, 0) is 12.4 Å². The van der Waals surface area contributed by atoms with E-state index in [0.717, 1.165) is 24.3 Å². The van der Waals surface area contributed by atoms with Crippen LogP contribution in [0.2, 0.25) is 5.02 Å². The quantitative estimate of drug-likeness (QED) is 0.529. The van der Waals surface area contributed by atoms with Gasteiger partial charge in [-0.3, -0.25) is 0 Å². The molecule has 0 heterocycles. The fourth-order valence-electron chi connectivity index (χ4n) is 1.89. The molecule has 0 unspecified atom stereocenters. The number of hydrogen-bond acceptors (Lipinski definition) is 1. The molecular formula is C14H8ClF6N. The first-order valence-electron chi connectivity index (χ1n) is 5.84. The Morgan fingerprint density at radius 1 is 0.818 bits per heavy atom. The molecule has 0 bridgehead atoms. The lowest BCUT2D eigenvalue weighted by molar-refractivity contribution is -0.138. The summed E-state index contributed by atoms with van der Waals surface area (Å²) in [5.74, 6) is 0. The lowest BCUT2D eigenvalue weighted by Crippen LogP contribution is -2.09. The zero-order valence-corrected chi connectivity index (χ0v) is 11.4. The smallest absolute Gasteiger partial charge is 0.397 e. The molecule has 0 aliphatic heterocycles. The average molecular weight is 340 g/mol. The van der Waals surface area contributed by atoms with Gasteiger partial charge in [0, 0.05) is 0 Å². The van der Waals surface area contributed by atoms with E-state index >= 15 is 0 Å². The Hall–Kier alpha value is -1.89. The maximum absolute atomic E-state index is 12.9. The van der Waals surface area contributed by atoms with Gasteiger partial charge in [0.2, 0.25) is 0 Å². The number of halogens is 7. The average Bonchev–Trinajstić information content (AvgIpc) is 2.39. The fraction of sp³-hybridized carbons (Fsp3) is 0.143. The lowest BCUT2D eigenvalue weighted by Gasteiger charge is -2.14. The summed E-state index contributed by atoms with van der Waals surface area (Å²) in [7, 11) is 0. The molecule has 2 rings (SSSR count). The summed E-state index contributed by atoms with van der Waals surface area (Å²) in [6.45, 7) is 0. The minimum atomic E-state index is -4.76. The third kappa shape index (κ3) is 3.30. The van der Waals surface area contributed by atoms with Crippen LogP contribution < -0.4 is 5.73 Å². The van der Waals surface area contributed by atoms with Crippen LogP contribution in [0.4, 0.5) is 32.0 Å². The normalized spacial score (nSPS) is 12.5. The van der Waals surface area contributed by atoms with E-state index in [9.17, 15) is 26.3 Å². The Morgan fingerprint density at radius 3 is 2.00 bits per heavy atom. The van der Waals surface area contributed by atoms with Gasteiger partial charge < -0.3 is 5.73 Å². The number of benzene rings is 2. The number of hydrogen-bond donors (Lipinski definition) is 1. The Balaban J connectivity index is 2.62. The van der Waals surface area contributed by atoms with Crippen molar-refractivity contribution in [2.24, 2.45) is 0 Å². The number of alkyl halides is 6. The van der Waals surface area contributed by atoms with Crippen LogP contribution in [0.15, 0.2) is 36.4 Å². The topological polar surface area (TPSA) is 26.0 Å². The van der Waals surface area contributed by atoms with Gasteiger partial charge in [0.05, 0.1) is 21.8 Å². The van der Waals surface area contributed by atoms with Gasteiger partial charge >= 0.3 is 12.4 Å². The molecule has 2 aromatic carbocycles. The van der Waals surface area contributed by atoms with Gasteiger partial charge in [-0.1, -0.05) is 23.7 Å². The maximum atomic E-state index is 12.9. The van der Waals surface area contributed by atoms with Crippen molar-refractivity contribution in [1.29, 1.82) is 0 Å². The molecule has 0 atom stereocenters. The van der Waals surface area contributed by atoms with Crippen molar-refractivity contribution in [2.75, 3.05) is 5.73 Å². The van der Waals surface area contributed by atoms with E-state index in [1.807, 2.05) is 0 Å². The van der Waals surface area contributed by atoms with Gasteiger partial charge in [-0.2, -0.15) is 26.3 Å². The van der Waals surface area contributed by atoms with Gasteiger partial charge in [-0.25, -0.2) is 0 Å². The van der Waals surface area contributed by atoms with Crippen LogP contribution in [-0.4, -0.2) is 0 Å². The maximum Gasteiger partial charge on any atom is 0.418 e. The molecule has 0 radical (unpaired) electrons. The summed E-state index contributed by atoms with van der Waals surface area (Å²) < 4.78 is 76.6. The van der Waals surface area contributed by atoms with E-state index in [1.54, 1.807) is 0 Å². The Morgan fingerprint density at radius 2 is 1.45 bits per heavy atom. The summed E-state index contributed by atoms with van der Waals surface area (Å²) in [6, 6.07) is 5.72. The summed E-state index contributed by atoms with van der Waals surface area (Å²) >= 11 is 5.66. The Bertz CT molecular complexity index is 705. The minimum absolute atomic E-state index is 0.0396. The number of rotatable bonds is 1. The minimum Gasteiger partial charge on any atom is -0.397 e. The lowest BCUT2D eigenvalue weighted by atomic mass is 9.99. The molecular weight excluding hydrogens is 332 g/mol. The first kappa shape index (κ1) is 16.5. The molecule has 0 spiro atoms. The zero-order chi connectivity index (χ0) is 16.7. The first-order chi connectivity index (χ1) is 10.00. The highest BCUT2D eigenvalue weighted by molar-refractivity contribution is 6.33. The molecule has 0 aromatic heterocycles. The highest BCUT2D eigenvalue weighted by Crippen LogP contribution is 2.40. The van der Waals surface area contributed by atoms with E-state index in [1.165, 1.54) is 6.07 Å². The third-order valence-electron chi connectivity index (χ3n) is 2.96. The van der Waals surface area contributed by atoms with E-state index in [0.29, 0.717) is 6.07 Å². The summed E-state index contributed by atoms with van der Waals surface area (Å²) in [5, 5.41) is -0.373. The standard InChI is InChI=1S/C14H8ClF6N/c15-11-6-8(5-10(12(11)22)14(19,20)21)7-2-1-3-9(4-7)13(16,17)18/h1-6H,22H2. The van der Waals surface area contributed by atoms with Crippen LogP contribution in [0.3, 0.4) is 0 Å². The second kappa shape index (κ2) is 5.39. The number of anilines is 1. The molecule has 0 fully saturated rings. The largest absolute Gasteiger partial charge is 0.418 e. The summed E-state index contributed by atoms with van der Waals surface area (Å²) in [6.07, 6.45) is -9.36. The summed E-state index contributed by atoms with van der Waals surface area (Å²) in [4.78, 5) is 0. The van der Waals surface area contributed by atoms with Crippen molar-refractivity contribution >= 4 is 17.3 Å². The Kier molecular flexibility index (Phi) is 4.04. The van der Waals surface area contributed by atoms with Crippen molar-refractivity contribution in [3.05, 3.63) is 52.5 Å². The fourth-order valence-corrected chi connectivity index (χ4v) is 2.11. The highest BCUT2D eigenvalue weighted by atomic mass is 35.5. The van der Waals surface area contributed by atoms with Crippen LogP contribution in [0, 0.1) is 0 Å². The van der Waals surface area contributed by atoms with Crippen molar-refractivity contribution < 1.29 is 26.3 Å². The van der Waals surface area contributed by atoms with Crippen LogP contribution in [0.25, 0.3) is 11.1 Å². The van der Waals surface area contributed by atoms with Crippen LogP contribution in [0.1, 0.15) is 11.1 Å². The van der Waals surface area contributed by atoms with Crippen molar-refractivity contribution in [3.8, 4) is 11.1 Å². The van der Waals surface area contributed by atoms with Crippen molar-refractivity contribution in [3.63, 3.8) is 0 Å². The van der Waals surface area contributed by atoms with Gasteiger partial charge in [0.15, 0.2) is 0 Å². The molecule has 0 saturated carbocycles. The second-order valence-corrected chi connectivity index (χ2v) is 4.90. The van der Waals surface area contributed by atoms with E-state index < -0.39 is 29.2 Å². The van der Waals surface area contributed by atoms with Crippen molar-refractivity contribution in [1.82, 2.24) is 0 Å². The summed E-state index contributed by atoms with van der Waals surface area (Å²) in [5.41, 5.74) is 2.33. The van der Waals surface area contributed by atoms with Gasteiger partial charge in [-0.15, -0.1) is 0 Å². The van der Waals surface area contributed by atoms with Crippen LogP contribution in [0.5, 0.6) is 0 Å². The van der Waals surface area contributed by atoms with Gasteiger partial charge in [-0.05, 0) is 35.4 Å². The third-order valence-corrected chi connectivity index (χ3v) is 3.27. The van der Waals surface area contributed by atoms with E-state index in [2.05, 4.69) is 0 Å². The molecule has 118 valence electrons. The monoisotopic (exact) mass is 339 g/mol. The molecule has 2 N–H and O–H groups in total. The number of nitrogen functional groups attached to an aromatic ring is 1. The molecule has 1 nitrogen and oxygen atoms in total. The molecule has 0 aliphatic carbocycles. The SMILES string of the molecule is Nc1c(Cl)cc(-c2cccc(C(F)(F)F)c2)cc1C(F)(F)F. The molecule has 0 saturated heterocycles. The van der Waals surface area contributed by atoms with Gasteiger partial charge in [0.25, 0.3) is 0 Å². The number of nitrogens with two attached hydrogens (primary N) is 1. The molecule has 22 heavy (non-hydrogen) atoms. The Labute approximate surface area is 126 Å². The first-order valence-corrected chi connectivity index (χ1v) is 6.22. The predicted molar refractivity (Wildman–Crippen MR) is 71.3 cm³/mol. The molecule has 0 aliphatic rings. The second-order valence-electron chi connectivity index (χ2n) is 4.50. The zero-order valence-electron chi connectivity index (χ0n) is 10.7.